The van der Waals surface area contributed by atoms with Crippen LogP contribution in [0.25, 0.3) is 11.0 Å². The Kier molecular flexibility index (Phi) is 5.43. The molecule has 0 saturated carbocycles. The van der Waals surface area contributed by atoms with Crippen LogP contribution in [0.3, 0.4) is 0 Å². The number of nitrogens with one attached hydrogen (secondary N) is 2. The largest absolute Gasteiger partial charge is 0.573 e. The molecule has 0 radical (unpaired) electrons. The minimum absolute atomic E-state index is 0.102. The molecular weight excluding hydrogens is 373 g/mol. The number of pyridine rings is 1. The molecule has 6 nitrogen and oxygen atoms in total. The van der Waals surface area contributed by atoms with Gasteiger partial charge in [-0.15, -0.1) is 13.2 Å². The Hall–Kier alpha value is -3.23. The van der Waals surface area contributed by atoms with Gasteiger partial charge in [-0.25, -0.2) is 9.78 Å². The number of ether oxygens (including phenoxy) is 1. The molecule has 2 amide bonds. The number of alkyl halides is 3. The second-order valence-electron chi connectivity index (χ2n) is 6.44. The van der Waals surface area contributed by atoms with Crippen molar-refractivity contribution in [2.75, 3.05) is 5.32 Å². The van der Waals surface area contributed by atoms with E-state index in [2.05, 4.69) is 20.0 Å². The van der Waals surface area contributed by atoms with Crippen molar-refractivity contribution >= 4 is 22.8 Å². The molecule has 0 aliphatic rings. The molecule has 3 aromatic rings. The van der Waals surface area contributed by atoms with Gasteiger partial charge in [0.15, 0.2) is 0 Å². The normalized spacial score (nSPS) is 11.6. The summed E-state index contributed by atoms with van der Waals surface area (Å²) >= 11 is 0. The molecular formula is C19H19F3N4O2. The number of aromatic nitrogens is 2. The third-order valence-electron chi connectivity index (χ3n) is 4.10. The summed E-state index contributed by atoms with van der Waals surface area (Å²) in [6.07, 6.45) is -1.27. The average molecular weight is 392 g/mol. The highest BCUT2D eigenvalue weighted by atomic mass is 19.4. The van der Waals surface area contributed by atoms with Gasteiger partial charge >= 0.3 is 12.4 Å². The van der Waals surface area contributed by atoms with Crippen molar-refractivity contribution < 1.29 is 22.7 Å². The molecule has 0 fully saturated rings. The van der Waals surface area contributed by atoms with Crippen molar-refractivity contribution in [3.05, 3.63) is 54.4 Å². The molecule has 2 aromatic heterocycles. The topological polar surface area (TPSA) is 70.2 Å². The van der Waals surface area contributed by atoms with Crippen LogP contribution in [-0.4, -0.2) is 33.3 Å². The number of carbonyl (C=O) groups is 1. The Balaban J connectivity index is 1.71. The molecule has 2 N–H and O–H groups in total. The van der Waals surface area contributed by atoms with Gasteiger partial charge in [0.2, 0.25) is 0 Å². The van der Waals surface area contributed by atoms with Crippen molar-refractivity contribution in [2.45, 2.75) is 32.8 Å². The SMILES string of the molecule is CC(C)N(Cc1c[nH]c2ncccc12)C(=O)Nc1ccc(OC(F)(F)F)cc1. The molecule has 28 heavy (non-hydrogen) atoms. The highest BCUT2D eigenvalue weighted by Crippen LogP contribution is 2.24. The lowest BCUT2D eigenvalue weighted by molar-refractivity contribution is -0.274. The van der Waals surface area contributed by atoms with Crippen LogP contribution < -0.4 is 10.1 Å². The number of nitrogens with zero attached hydrogens (tertiary/aromatic N) is 2. The molecule has 9 heteroatoms. The summed E-state index contributed by atoms with van der Waals surface area (Å²) < 4.78 is 40.5. The van der Waals surface area contributed by atoms with E-state index in [1.165, 1.54) is 12.1 Å². The maximum absolute atomic E-state index is 12.7. The first-order chi connectivity index (χ1) is 13.2. The molecule has 148 valence electrons. The van der Waals surface area contributed by atoms with E-state index in [0.717, 1.165) is 28.7 Å². The third-order valence-corrected chi connectivity index (χ3v) is 4.10. The van der Waals surface area contributed by atoms with Crippen molar-refractivity contribution in [1.29, 1.82) is 0 Å². The Bertz CT molecular complexity index is 952. The van der Waals surface area contributed by atoms with Gasteiger partial charge in [-0.2, -0.15) is 0 Å². The summed E-state index contributed by atoms with van der Waals surface area (Å²) in [4.78, 5) is 21.6. The van der Waals surface area contributed by atoms with Crippen LogP contribution in [-0.2, 0) is 6.54 Å². The van der Waals surface area contributed by atoms with E-state index in [1.54, 1.807) is 11.1 Å². The molecule has 0 aliphatic carbocycles. The zero-order chi connectivity index (χ0) is 20.3. The van der Waals surface area contributed by atoms with Gasteiger partial charge in [0.1, 0.15) is 11.4 Å². The number of aromatic amines is 1. The molecule has 0 bridgehead atoms. The van der Waals surface area contributed by atoms with E-state index in [-0.39, 0.29) is 17.8 Å². The van der Waals surface area contributed by atoms with Crippen molar-refractivity contribution in [1.82, 2.24) is 14.9 Å². The Morgan fingerprint density at radius 1 is 1.25 bits per heavy atom. The van der Waals surface area contributed by atoms with Crippen LogP contribution in [0.15, 0.2) is 48.8 Å². The van der Waals surface area contributed by atoms with Crippen molar-refractivity contribution in [3.63, 3.8) is 0 Å². The van der Waals surface area contributed by atoms with Crippen LogP contribution in [0.2, 0.25) is 0 Å². The molecule has 0 saturated heterocycles. The number of hydrogen-bond acceptors (Lipinski definition) is 3. The van der Waals surface area contributed by atoms with Gasteiger partial charge in [-0.1, -0.05) is 0 Å². The van der Waals surface area contributed by atoms with Gasteiger partial charge in [-0.3, -0.25) is 0 Å². The predicted molar refractivity (Wildman–Crippen MR) is 98.9 cm³/mol. The minimum Gasteiger partial charge on any atom is -0.406 e. The van der Waals surface area contributed by atoms with E-state index >= 15 is 0 Å². The van der Waals surface area contributed by atoms with E-state index in [4.69, 9.17) is 0 Å². The van der Waals surface area contributed by atoms with Crippen molar-refractivity contribution in [2.24, 2.45) is 0 Å². The monoisotopic (exact) mass is 392 g/mol. The number of hydrogen-bond donors (Lipinski definition) is 2. The molecule has 0 unspecified atom stereocenters. The van der Waals surface area contributed by atoms with Crippen molar-refractivity contribution in [3.8, 4) is 5.75 Å². The summed E-state index contributed by atoms with van der Waals surface area (Å²) in [6, 6.07) is 8.28. The quantitative estimate of drug-likeness (QED) is 0.649. The highest BCUT2D eigenvalue weighted by molar-refractivity contribution is 5.90. The molecule has 1 aromatic carbocycles. The van der Waals surface area contributed by atoms with Gasteiger partial charge in [0, 0.05) is 36.1 Å². The predicted octanol–water partition coefficient (Wildman–Crippen LogP) is 4.90. The lowest BCUT2D eigenvalue weighted by Crippen LogP contribution is -2.39. The summed E-state index contributed by atoms with van der Waals surface area (Å²) in [7, 11) is 0. The number of urea groups is 1. The van der Waals surface area contributed by atoms with E-state index < -0.39 is 6.36 Å². The summed E-state index contributed by atoms with van der Waals surface area (Å²) in [6.45, 7) is 4.12. The number of carbonyl (C=O) groups excluding carboxylic acids is 1. The fourth-order valence-electron chi connectivity index (χ4n) is 2.75. The first-order valence-corrected chi connectivity index (χ1v) is 8.57. The Morgan fingerprint density at radius 3 is 2.61 bits per heavy atom. The average Bonchev–Trinajstić information content (AvgIpc) is 3.03. The lowest BCUT2D eigenvalue weighted by Gasteiger charge is -2.27. The number of amides is 2. The molecule has 0 atom stereocenters. The summed E-state index contributed by atoms with van der Waals surface area (Å²) in [5.41, 5.74) is 2.02. The molecule has 0 spiro atoms. The van der Waals surface area contributed by atoms with Gasteiger partial charge in [0.05, 0.1) is 0 Å². The van der Waals surface area contributed by atoms with Gasteiger partial charge < -0.3 is 19.9 Å². The minimum atomic E-state index is -4.76. The smallest absolute Gasteiger partial charge is 0.406 e. The molecule has 0 aliphatic heterocycles. The fourth-order valence-corrected chi connectivity index (χ4v) is 2.75. The summed E-state index contributed by atoms with van der Waals surface area (Å²) in [5, 5.41) is 3.62. The first kappa shape index (κ1) is 19.5. The Labute approximate surface area is 159 Å². The standard InChI is InChI=1S/C19H19F3N4O2/c1-12(2)26(11-13-10-24-17-16(13)4-3-9-23-17)18(27)25-14-5-7-15(8-6-14)28-19(20,21)22/h3-10,12H,11H2,1-2H3,(H,23,24)(H,25,27). The highest BCUT2D eigenvalue weighted by Gasteiger charge is 2.31. The van der Waals surface area contributed by atoms with Crippen LogP contribution in [0, 0.1) is 0 Å². The zero-order valence-corrected chi connectivity index (χ0v) is 15.2. The summed E-state index contributed by atoms with van der Waals surface area (Å²) in [5.74, 6) is -0.350. The van der Waals surface area contributed by atoms with E-state index in [1.807, 2.05) is 32.2 Å². The van der Waals surface area contributed by atoms with E-state index in [9.17, 15) is 18.0 Å². The number of benzene rings is 1. The number of anilines is 1. The van der Waals surface area contributed by atoms with Crippen LogP contribution in [0.4, 0.5) is 23.7 Å². The van der Waals surface area contributed by atoms with Gasteiger partial charge in [-0.05, 0) is 55.8 Å². The number of fused-ring (bicyclic) bond motifs is 1. The van der Waals surface area contributed by atoms with E-state index in [0.29, 0.717) is 12.2 Å². The number of H-pyrrole nitrogens is 1. The van der Waals surface area contributed by atoms with Crippen LogP contribution in [0.5, 0.6) is 5.75 Å². The second-order valence-corrected chi connectivity index (χ2v) is 6.44. The lowest BCUT2D eigenvalue weighted by atomic mass is 10.2. The first-order valence-electron chi connectivity index (χ1n) is 8.57. The number of halogens is 3. The van der Waals surface area contributed by atoms with Crippen LogP contribution in [0.1, 0.15) is 19.4 Å². The fraction of sp³-hybridized carbons (Fsp3) is 0.263. The van der Waals surface area contributed by atoms with Gasteiger partial charge in [0.25, 0.3) is 0 Å². The maximum Gasteiger partial charge on any atom is 0.573 e. The molecule has 3 rings (SSSR count). The number of rotatable bonds is 5. The Morgan fingerprint density at radius 2 is 1.96 bits per heavy atom. The third kappa shape index (κ3) is 4.73. The zero-order valence-electron chi connectivity index (χ0n) is 15.2. The molecule has 2 heterocycles. The maximum atomic E-state index is 12.7. The second kappa shape index (κ2) is 7.79. The van der Waals surface area contributed by atoms with Crippen LogP contribution >= 0.6 is 0 Å².